The van der Waals surface area contributed by atoms with E-state index in [9.17, 15) is 9.18 Å². The molecule has 0 saturated carbocycles. The Morgan fingerprint density at radius 1 is 1.04 bits per heavy atom. The van der Waals surface area contributed by atoms with Crippen molar-refractivity contribution in [2.45, 2.75) is 18.9 Å². The molecule has 3 heterocycles. The molecule has 6 heteroatoms. The fourth-order valence-electron chi connectivity index (χ4n) is 3.99. The maximum atomic E-state index is 13.1. The smallest absolute Gasteiger partial charge is 0.263 e. The Morgan fingerprint density at radius 2 is 1.81 bits per heavy atom. The lowest BCUT2D eigenvalue weighted by atomic mass is 10.0. The van der Waals surface area contributed by atoms with Gasteiger partial charge in [-0.05, 0) is 48.6 Å². The van der Waals surface area contributed by atoms with Crippen LogP contribution in [0.4, 0.5) is 10.1 Å². The lowest BCUT2D eigenvalue weighted by Gasteiger charge is -2.43. The highest BCUT2D eigenvalue weighted by Gasteiger charge is 2.30. The van der Waals surface area contributed by atoms with Gasteiger partial charge >= 0.3 is 0 Å². The predicted octanol–water partition coefficient (Wildman–Crippen LogP) is 3.31. The van der Waals surface area contributed by atoms with Crippen LogP contribution in [0.5, 0.6) is 0 Å². The van der Waals surface area contributed by atoms with E-state index in [2.05, 4.69) is 9.80 Å². The summed E-state index contributed by atoms with van der Waals surface area (Å²) in [5.74, 6) is -0.0141. The number of thiophene rings is 1. The second-order valence-corrected chi connectivity index (χ2v) is 7.97. The second-order valence-electron chi connectivity index (χ2n) is 7.02. The first-order chi connectivity index (χ1) is 12.7. The van der Waals surface area contributed by atoms with Crippen molar-refractivity contribution in [2.75, 3.05) is 44.2 Å². The first kappa shape index (κ1) is 17.5. The molecule has 4 nitrogen and oxygen atoms in total. The molecule has 0 aliphatic carbocycles. The summed E-state index contributed by atoms with van der Waals surface area (Å²) in [6.45, 7) is 5.56. The summed E-state index contributed by atoms with van der Waals surface area (Å²) in [5, 5.41) is 1.96. The monoisotopic (exact) mass is 373 g/mol. The molecule has 1 atom stereocenters. The Hall–Kier alpha value is -1.92. The summed E-state index contributed by atoms with van der Waals surface area (Å²) >= 11 is 1.52. The van der Waals surface area contributed by atoms with Crippen molar-refractivity contribution in [3.05, 3.63) is 52.5 Å². The van der Waals surface area contributed by atoms with Crippen LogP contribution in [0, 0.1) is 5.82 Å². The Bertz CT molecular complexity index is 726. The first-order valence-electron chi connectivity index (χ1n) is 9.28. The van der Waals surface area contributed by atoms with Gasteiger partial charge < -0.3 is 9.80 Å². The van der Waals surface area contributed by atoms with Crippen LogP contribution >= 0.6 is 11.3 Å². The van der Waals surface area contributed by atoms with E-state index in [1.54, 1.807) is 0 Å². The summed E-state index contributed by atoms with van der Waals surface area (Å²) in [6.07, 6.45) is 2.23. The molecule has 0 spiro atoms. The minimum absolute atomic E-state index is 0.176. The molecule has 138 valence electrons. The number of hydrogen-bond acceptors (Lipinski definition) is 4. The molecule has 1 amide bonds. The van der Waals surface area contributed by atoms with E-state index >= 15 is 0 Å². The average molecular weight is 373 g/mol. The SMILES string of the molecule is O=C(c1cccs1)N1CCC[C@H](N2CCN(c3ccc(F)cc3)CC2)C1. The second kappa shape index (κ2) is 7.76. The third kappa shape index (κ3) is 3.76. The lowest BCUT2D eigenvalue weighted by Crippen LogP contribution is -2.55. The van der Waals surface area contributed by atoms with Crippen LogP contribution in [0.25, 0.3) is 0 Å². The fraction of sp³-hybridized carbons (Fsp3) is 0.450. The molecule has 0 N–H and O–H groups in total. The van der Waals surface area contributed by atoms with Crippen molar-refractivity contribution in [2.24, 2.45) is 0 Å². The molecule has 0 bridgehead atoms. The topological polar surface area (TPSA) is 26.8 Å². The molecule has 1 aromatic heterocycles. The van der Waals surface area contributed by atoms with Crippen molar-refractivity contribution in [1.29, 1.82) is 0 Å². The molecule has 2 saturated heterocycles. The van der Waals surface area contributed by atoms with Crippen molar-refractivity contribution >= 4 is 22.9 Å². The number of anilines is 1. The zero-order valence-electron chi connectivity index (χ0n) is 14.8. The number of halogens is 1. The molecular weight excluding hydrogens is 349 g/mol. The van der Waals surface area contributed by atoms with Gasteiger partial charge in [0.15, 0.2) is 0 Å². The van der Waals surface area contributed by atoms with Gasteiger partial charge in [0.1, 0.15) is 5.82 Å². The zero-order valence-corrected chi connectivity index (χ0v) is 15.6. The van der Waals surface area contributed by atoms with Gasteiger partial charge in [-0.25, -0.2) is 4.39 Å². The van der Waals surface area contributed by atoms with Gasteiger partial charge in [0.25, 0.3) is 5.91 Å². The third-order valence-corrected chi connectivity index (χ3v) is 6.30. The van der Waals surface area contributed by atoms with Gasteiger partial charge in [0.2, 0.25) is 0 Å². The number of rotatable bonds is 3. The summed E-state index contributed by atoms with van der Waals surface area (Å²) in [4.78, 5) is 20.3. The van der Waals surface area contributed by atoms with E-state index in [1.165, 1.54) is 23.5 Å². The molecule has 26 heavy (non-hydrogen) atoms. The maximum absolute atomic E-state index is 13.1. The minimum atomic E-state index is -0.190. The summed E-state index contributed by atoms with van der Waals surface area (Å²) < 4.78 is 13.1. The summed E-state index contributed by atoms with van der Waals surface area (Å²) in [5.41, 5.74) is 1.09. The van der Waals surface area contributed by atoms with Crippen molar-refractivity contribution in [3.63, 3.8) is 0 Å². The molecular formula is C20H24FN3OS. The fourth-order valence-corrected chi connectivity index (χ4v) is 4.68. The number of amides is 1. The molecule has 2 aromatic rings. The first-order valence-corrected chi connectivity index (χ1v) is 10.2. The minimum Gasteiger partial charge on any atom is -0.369 e. The van der Waals surface area contributed by atoms with Crippen LogP contribution in [0.2, 0.25) is 0 Å². The van der Waals surface area contributed by atoms with E-state index < -0.39 is 0 Å². The highest BCUT2D eigenvalue weighted by molar-refractivity contribution is 7.12. The Kier molecular flexibility index (Phi) is 5.22. The van der Waals surface area contributed by atoms with Gasteiger partial charge in [-0.1, -0.05) is 6.07 Å². The summed E-state index contributed by atoms with van der Waals surface area (Å²) in [7, 11) is 0. The lowest BCUT2D eigenvalue weighted by molar-refractivity contribution is 0.0568. The van der Waals surface area contributed by atoms with Crippen LogP contribution in [-0.4, -0.2) is 61.0 Å². The zero-order chi connectivity index (χ0) is 17.9. The van der Waals surface area contributed by atoms with E-state index in [0.29, 0.717) is 6.04 Å². The number of piperidine rings is 1. The number of carbonyl (C=O) groups excluding carboxylic acids is 1. The standard InChI is InChI=1S/C20H24FN3OS/c21-16-5-7-17(8-6-16)22-10-12-23(13-11-22)18-3-1-9-24(15-18)20(25)19-4-2-14-26-19/h2,4-8,14,18H,1,3,9-13,15H2/t18-/m0/s1. The number of nitrogens with zero attached hydrogens (tertiary/aromatic N) is 3. The van der Waals surface area contributed by atoms with E-state index in [-0.39, 0.29) is 11.7 Å². The van der Waals surface area contributed by atoms with E-state index in [1.807, 2.05) is 34.5 Å². The number of benzene rings is 1. The van der Waals surface area contributed by atoms with Gasteiger partial charge in [-0.15, -0.1) is 11.3 Å². The maximum Gasteiger partial charge on any atom is 0.263 e. The average Bonchev–Trinajstić information content (AvgIpc) is 3.23. The molecule has 0 radical (unpaired) electrons. The van der Waals surface area contributed by atoms with Gasteiger partial charge in [0, 0.05) is 51.0 Å². The van der Waals surface area contributed by atoms with Crippen LogP contribution in [0.3, 0.4) is 0 Å². The van der Waals surface area contributed by atoms with Crippen molar-refractivity contribution in [1.82, 2.24) is 9.80 Å². The highest BCUT2D eigenvalue weighted by Crippen LogP contribution is 2.23. The number of piperazine rings is 1. The molecule has 2 fully saturated rings. The molecule has 0 unspecified atom stereocenters. The molecule has 2 aliphatic rings. The van der Waals surface area contributed by atoms with Crippen LogP contribution in [0.15, 0.2) is 41.8 Å². The summed E-state index contributed by atoms with van der Waals surface area (Å²) in [6, 6.07) is 11.1. The molecule has 1 aromatic carbocycles. The Morgan fingerprint density at radius 3 is 2.50 bits per heavy atom. The molecule has 2 aliphatic heterocycles. The predicted molar refractivity (Wildman–Crippen MR) is 103 cm³/mol. The van der Waals surface area contributed by atoms with Crippen LogP contribution < -0.4 is 4.90 Å². The highest BCUT2D eigenvalue weighted by atomic mass is 32.1. The van der Waals surface area contributed by atoms with Crippen LogP contribution in [-0.2, 0) is 0 Å². The molecule has 4 rings (SSSR count). The quantitative estimate of drug-likeness (QED) is 0.826. The number of hydrogen-bond donors (Lipinski definition) is 0. The number of carbonyl (C=O) groups is 1. The van der Waals surface area contributed by atoms with Gasteiger partial charge in [0.05, 0.1) is 4.88 Å². The number of likely N-dealkylation sites (tertiary alicyclic amines) is 1. The van der Waals surface area contributed by atoms with Crippen molar-refractivity contribution in [3.8, 4) is 0 Å². The Labute approximate surface area is 157 Å². The third-order valence-electron chi connectivity index (χ3n) is 5.44. The largest absolute Gasteiger partial charge is 0.369 e. The van der Waals surface area contributed by atoms with E-state index in [0.717, 1.165) is 62.7 Å². The van der Waals surface area contributed by atoms with Gasteiger partial charge in [-0.3, -0.25) is 9.69 Å². The normalized spacial score (nSPS) is 21.8. The Balaban J connectivity index is 1.34. The van der Waals surface area contributed by atoms with E-state index in [4.69, 9.17) is 0 Å². The van der Waals surface area contributed by atoms with Gasteiger partial charge in [-0.2, -0.15) is 0 Å². The van der Waals surface area contributed by atoms with Crippen LogP contribution in [0.1, 0.15) is 22.5 Å². The van der Waals surface area contributed by atoms with Crippen molar-refractivity contribution < 1.29 is 9.18 Å².